The van der Waals surface area contributed by atoms with E-state index in [0.717, 1.165) is 36.4 Å². The lowest BCUT2D eigenvalue weighted by molar-refractivity contribution is 0.179. The topological polar surface area (TPSA) is 52.0 Å². The molecule has 0 amide bonds. The van der Waals surface area contributed by atoms with Crippen LogP contribution in [0.25, 0.3) is 0 Å². The van der Waals surface area contributed by atoms with Gasteiger partial charge in [0.1, 0.15) is 5.82 Å². The third-order valence-corrected chi connectivity index (χ3v) is 4.49. The first-order valence-corrected chi connectivity index (χ1v) is 6.94. The van der Waals surface area contributed by atoms with Crippen molar-refractivity contribution in [1.29, 1.82) is 0 Å². The third kappa shape index (κ3) is 3.00. The zero-order valence-electron chi connectivity index (χ0n) is 10.6. The Morgan fingerprint density at radius 2 is 2.41 bits per heavy atom. The van der Waals surface area contributed by atoms with E-state index in [0.29, 0.717) is 12.0 Å². The minimum Gasteiger partial charge on any atom is -0.381 e. The van der Waals surface area contributed by atoms with E-state index < -0.39 is 0 Å². The number of hydrogen-bond acceptors (Lipinski definition) is 5. The van der Waals surface area contributed by atoms with Crippen LogP contribution in [0.15, 0.2) is 5.16 Å². The van der Waals surface area contributed by atoms with Gasteiger partial charge in [-0.3, -0.25) is 0 Å². The van der Waals surface area contributed by atoms with Crippen molar-refractivity contribution >= 4 is 11.8 Å². The minimum atomic E-state index is 0.486. The van der Waals surface area contributed by atoms with Crippen molar-refractivity contribution in [2.45, 2.75) is 24.5 Å². The normalized spacial score (nSPS) is 21.9. The van der Waals surface area contributed by atoms with Gasteiger partial charge in [-0.15, -0.1) is 10.2 Å². The fraction of sp³-hybridized carbons (Fsp3) is 0.818. The first-order valence-electron chi connectivity index (χ1n) is 5.96. The molecule has 0 saturated carbocycles. The van der Waals surface area contributed by atoms with Crippen molar-refractivity contribution in [1.82, 2.24) is 20.1 Å². The summed E-state index contributed by atoms with van der Waals surface area (Å²) in [6.07, 6.45) is 1.16. The number of nitrogens with zero attached hydrogens (tertiary/aromatic N) is 3. The van der Waals surface area contributed by atoms with Crippen LogP contribution in [0.1, 0.15) is 12.2 Å². The van der Waals surface area contributed by atoms with Crippen LogP contribution < -0.4 is 5.32 Å². The van der Waals surface area contributed by atoms with Gasteiger partial charge in [-0.2, -0.15) is 0 Å². The maximum atomic E-state index is 5.44. The Morgan fingerprint density at radius 1 is 1.59 bits per heavy atom. The van der Waals surface area contributed by atoms with E-state index >= 15 is 0 Å². The Morgan fingerprint density at radius 3 is 2.94 bits per heavy atom. The van der Waals surface area contributed by atoms with Gasteiger partial charge in [-0.1, -0.05) is 11.8 Å². The second kappa shape index (κ2) is 5.84. The SMILES string of the molecule is CNC(CSc1nnc(C)n1C)C1CCOC1. The molecule has 5 nitrogen and oxygen atoms in total. The van der Waals surface area contributed by atoms with Crippen LogP contribution in [0.5, 0.6) is 0 Å². The molecule has 96 valence electrons. The highest BCUT2D eigenvalue weighted by atomic mass is 32.2. The predicted octanol–water partition coefficient (Wildman–Crippen LogP) is 0.840. The van der Waals surface area contributed by atoms with Gasteiger partial charge in [0, 0.05) is 31.4 Å². The summed E-state index contributed by atoms with van der Waals surface area (Å²) in [5, 5.41) is 12.6. The van der Waals surface area contributed by atoms with E-state index in [9.17, 15) is 0 Å². The summed E-state index contributed by atoms with van der Waals surface area (Å²) in [6, 6.07) is 0.486. The summed E-state index contributed by atoms with van der Waals surface area (Å²) in [5.74, 6) is 2.59. The molecule has 2 unspecified atom stereocenters. The number of aryl methyl sites for hydroxylation is 1. The molecule has 1 aliphatic heterocycles. The predicted molar refractivity (Wildman–Crippen MR) is 68.2 cm³/mol. The van der Waals surface area contributed by atoms with E-state index in [2.05, 4.69) is 15.5 Å². The summed E-state index contributed by atoms with van der Waals surface area (Å²) in [5.41, 5.74) is 0. The molecule has 1 saturated heterocycles. The highest BCUT2D eigenvalue weighted by Gasteiger charge is 2.25. The van der Waals surface area contributed by atoms with E-state index in [-0.39, 0.29) is 0 Å². The molecule has 2 atom stereocenters. The van der Waals surface area contributed by atoms with Crippen LogP contribution in [0.4, 0.5) is 0 Å². The average molecular weight is 256 g/mol. The van der Waals surface area contributed by atoms with Crippen molar-refractivity contribution in [3.8, 4) is 0 Å². The Labute approximate surface area is 106 Å². The molecular weight excluding hydrogens is 236 g/mol. The molecule has 2 heterocycles. The molecular formula is C11H20N4OS. The van der Waals surface area contributed by atoms with Crippen molar-refractivity contribution < 1.29 is 4.74 Å². The molecule has 0 spiro atoms. The molecule has 0 bridgehead atoms. The Bertz CT molecular complexity index is 362. The summed E-state index contributed by atoms with van der Waals surface area (Å²) in [7, 11) is 4.02. The largest absolute Gasteiger partial charge is 0.381 e. The highest BCUT2D eigenvalue weighted by molar-refractivity contribution is 7.99. The Hall–Kier alpha value is -0.590. The lowest BCUT2D eigenvalue weighted by Gasteiger charge is -2.20. The Kier molecular flexibility index (Phi) is 4.42. The number of nitrogens with one attached hydrogen (secondary N) is 1. The fourth-order valence-corrected chi connectivity index (χ4v) is 3.19. The van der Waals surface area contributed by atoms with Crippen LogP contribution >= 0.6 is 11.8 Å². The summed E-state index contributed by atoms with van der Waals surface area (Å²) in [4.78, 5) is 0. The van der Waals surface area contributed by atoms with Crippen LogP contribution in [-0.2, 0) is 11.8 Å². The highest BCUT2D eigenvalue weighted by Crippen LogP contribution is 2.23. The smallest absolute Gasteiger partial charge is 0.190 e. The lowest BCUT2D eigenvalue weighted by Crippen LogP contribution is -2.36. The van der Waals surface area contributed by atoms with E-state index in [4.69, 9.17) is 4.74 Å². The van der Waals surface area contributed by atoms with Crippen LogP contribution in [0, 0.1) is 12.8 Å². The molecule has 0 aromatic carbocycles. The molecule has 6 heteroatoms. The van der Waals surface area contributed by atoms with Gasteiger partial charge < -0.3 is 14.6 Å². The minimum absolute atomic E-state index is 0.486. The van der Waals surface area contributed by atoms with Gasteiger partial charge >= 0.3 is 0 Å². The van der Waals surface area contributed by atoms with Gasteiger partial charge in [0.05, 0.1) is 6.61 Å². The summed E-state index contributed by atoms with van der Waals surface area (Å²) >= 11 is 1.76. The molecule has 1 fully saturated rings. The fourth-order valence-electron chi connectivity index (χ4n) is 2.00. The average Bonchev–Trinajstić information content (AvgIpc) is 2.95. The van der Waals surface area contributed by atoms with Crippen LogP contribution in [0.2, 0.25) is 0 Å². The molecule has 1 aromatic rings. The molecule has 2 rings (SSSR count). The quantitative estimate of drug-likeness (QED) is 0.791. The van der Waals surface area contributed by atoms with E-state index in [1.807, 2.05) is 25.6 Å². The lowest BCUT2D eigenvalue weighted by atomic mass is 10.0. The van der Waals surface area contributed by atoms with Gasteiger partial charge in [0.25, 0.3) is 0 Å². The number of hydrogen-bond donors (Lipinski definition) is 1. The maximum Gasteiger partial charge on any atom is 0.190 e. The zero-order chi connectivity index (χ0) is 12.3. The monoisotopic (exact) mass is 256 g/mol. The molecule has 1 N–H and O–H groups in total. The second-order valence-electron chi connectivity index (χ2n) is 4.42. The van der Waals surface area contributed by atoms with Crippen molar-refractivity contribution in [3.05, 3.63) is 5.82 Å². The molecule has 17 heavy (non-hydrogen) atoms. The van der Waals surface area contributed by atoms with Gasteiger partial charge in [0.15, 0.2) is 5.16 Å². The molecule has 1 aliphatic rings. The van der Waals surface area contributed by atoms with Crippen molar-refractivity contribution in [2.75, 3.05) is 26.0 Å². The van der Waals surface area contributed by atoms with Gasteiger partial charge in [-0.25, -0.2) is 0 Å². The number of ether oxygens (including phenoxy) is 1. The maximum absolute atomic E-state index is 5.44. The van der Waals surface area contributed by atoms with Gasteiger partial charge in [-0.05, 0) is 20.4 Å². The first-order chi connectivity index (χ1) is 8.22. The van der Waals surface area contributed by atoms with Gasteiger partial charge in [0.2, 0.25) is 0 Å². The number of aromatic nitrogens is 3. The Balaban J connectivity index is 1.89. The molecule has 1 aromatic heterocycles. The van der Waals surface area contributed by atoms with Crippen molar-refractivity contribution in [3.63, 3.8) is 0 Å². The van der Waals surface area contributed by atoms with E-state index in [1.54, 1.807) is 11.8 Å². The first kappa shape index (κ1) is 12.9. The van der Waals surface area contributed by atoms with Crippen LogP contribution in [0.3, 0.4) is 0 Å². The number of thioether (sulfide) groups is 1. The van der Waals surface area contributed by atoms with Crippen LogP contribution in [-0.4, -0.2) is 46.8 Å². The second-order valence-corrected chi connectivity index (χ2v) is 5.41. The number of rotatable bonds is 5. The van der Waals surface area contributed by atoms with Crippen molar-refractivity contribution in [2.24, 2.45) is 13.0 Å². The zero-order valence-corrected chi connectivity index (χ0v) is 11.5. The standard InChI is InChI=1S/C11H20N4OS/c1-8-13-14-11(15(8)3)17-7-10(12-2)9-4-5-16-6-9/h9-10,12H,4-7H2,1-3H3. The summed E-state index contributed by atoms with van der Waals surface area (Å²) < 4.78 is 7.47. The third-order valence-electron chi connectivity index (χ3n) is 3.35. The molecule has 0 aliphatic carbocycles. The summed E-state index contributed by atoms with van der Waals surface area (Å²) in [6.45, 7) is 3.75. The molecule has 0 radical (unpaired) electrons. The van der Waals surface area contributed by atoms with E-state index in [1.165, 1.54) is 0 Å².